The Morgan fingerprint density at radius 1 is 0.897 bits per heavy atom. The highest BCUT2D eigenvalue weighted by Gasteiger charge is 2.28. The van der Waals surface area contributed by atoms with Gasteiger partial charge in [0, 0.05) is 5.56 Å². The molecule has 1 unspecified atom stereocenters. The van der Waals surface area contributed by atoms with E-state index in [1.807, 2.05) is 0 Å². The Balaban J connectivity index is 1.77. The first-order chi connectivity index (χ1) is 14.3. The first-order valence-corrected chi connectivity index (χ1v) is 11.8. The molecule has 0 saturated carbocycles. The van der Waals surface area contributed by atoms with Gasteiger partial charge in [0.2, 0.25) is 5.90 Å². The minimum absolute atomic E-state index is 0.262. The molecule has 0 fully saturated rings. The third-order valence-corrected chi connectivity index (χ3v) is 7.98. The van der Waals surface area contributed by atoms with E-state index in [1.54, 1.807) is 0 Å². The molecule has 0 aliphatic carbocycles. The molecular formula is C26H28NOP. The lowest BCUT2D eigenvalue weighted by molar-refractivity contribution is 0.279. The predicted molar refractivity (Wildman–Crippen MR) is 125 cm³/mol. The molecule has 0 radical (unpaired) electrons. The third-order valence-electron chi connectivity index (χ3n) is 5.48. The number of hydrogen-bond acceptors (Lipinski definition) is 2. The standard InChI is InChI=1S/C26H28NOP/c1-3-12-20(2)24-19-28-26(27-24)23-17-10-11-18-25(23)29(21-13-6-4-7-14-21)22-15-8-5-9-16-22/h4-11,13-18,20,24H,3,12,19H2,1-2H3/t20?,24-/m1/s1. The molecule has 3 heteroatoms. The van der Waals surface area contributed by atoms with Crippen LogP contribution in [-0.2, 0) is 4.74 Å². The van der Waals surface area contributed by atoms with Gasteiger partial charge in [-0.1, -0.05) is 99.1 Å². The van der Waals surface area contributed by atoms with Crippen molar-refractivity contribution >= 4 is 29.7 Å². The van der Waals surface area contributed by atoms with Crippen LogP contribution in [0.15, 0.2) is 89.9 Å². The van der Waals surface area contributed by atoms with E-state index < -0.39 is 7.92 Å². The Morgan fingerprint density at radius 2 is 1.48 bits per heavy atom. The summed E-state index contributed by atoms with van der Waals surface area (Å²) in [5.41, 5.74) is 1.14. The smallest absolute Gasteiger partial charge is 0.217 e. The summed E-state index contributed by atoms with van der Waals surface area (Å²) in [4.78, 5) is 5.01. The third kappa shape index (κ3) is 4.43. The van der Waals surface area contributed by atoms with Crippen molar-refractivity contribution < 1.29 is 4.74 Å². The number of benzene rings is 3. The van der Waals surface area contributed by atoms with Gasteiger partial charge in [0.1, 0.15) is 6.61 Å². The van der Waals surface area contributed by atoms with E-state index in [0.717, 1.165) is 11.5 Å². The molecule has 3 aromatic rings. The second-order valence-corrected chi connectivity index (χ2v) is 9.79. The zero-order chi connectivity index (χ0) is 20.1. The molecule has 3 aromatic carbocycles. The molecule has 148 valence electrons. The van der Waals surface area contributed by atoms with Gasteiger partial charge in [-0.05, 0) is 42.2 Å². The molecular weight excluding hydrogens is 373 g/mol. The Hall–Kier alpha value is -2.44. The van der Waals surface area contributed by atoms with Gasteiger partial charge in [-0.15, -0.1) is 0 Å². The van der Waals surface area contributed by atoms with Crippen molar-refractivity contribution in [1.29, 1.82) is 0 Å². The van der Waals surface area contributed by atoms with Crippen molar-refractivity contribution in [3.8, 4) is 0 Å². The molecule has 2 atom stereocenters. The predicted octanol–water partition coefficient (Wildman–Crippen LogP) is 5.03. The first kappa shape index (κ1) is 19.9. The van der Waals surface area contributed by atoms with Crippen molar-refractivity contribution in [3.05, 3.63) is 90.5 Å². The summed E-state index contributed by atoms with van der Waals surface area (Å²) >= 11 is 0. The van der Waals surface area contributed by atoms with E-state index in [2.05, 4.69) is 98.8 Å². The minimum atomic E-state index is -0.680. The van der Waals surface area contributed by atoms with E-state index in [1.165, 1.54) is 28.8 Å². The molecule has 0 bridgehead atoms. The topological polar surface area (TPSA) is 21.6 Å². The van der Waals surface area contributed by atoms with Crippen LogP contribution in [0.25, 0.3) is 0 Å². The van der Waals surface area contributed by atoms with Crippen molar-refractivity contribution in [3.63, 3.8) is 0 Å². The second-order valence-electron chi connectivity index (χ2n) is 7.60. The monoisotopic (exact) mass is 401 g/mol. The fourth-order valence-electron chi connectivity index (χ4n) is 3.91. The van der Waals surface area contributed by atoms with Crippen LogP contribution < -0.4 is 15.9 Å². The molecule has 0 spiro atoms. The van der Waals surface area contributed by atoms with E-state index in [4.69, 9.17) is 9.73 Å². The molecule has 1 aliphatic heterocycles. The van der Waals surface area contributed by atoms with Crippen LogP contribution in [0, 0.1) is 5.92 Å². The van der Waals surface area contributed by atoms with Crippen LogP contribution >= 0.6 is 7.92 Å². The molecule has 0 aromatic heterocycles. The van der Waals surface area contributed by atoms with Crippen LogP contribution in [0.4, 0.5) is 0 Å². The summed E-state index contributed by atoms with van der Waals surface area (Å²) in [6.07, 6.45) is 2.37. The Kier molecular flexibility index (Phi) is 6.42. The normalized spacial score (nSPS) is 17.1. The highest BCUT2D eigenvalue weighted by Crippen LogP contribution is 2.35. The molecule has 4 rings (SSSR count). The van der Waals surface area contributed by atoms with Crippen molar-refractivity contribution in [2.45, 2.75) is 32.7 Å². The summed E-state index contributed by atoms with van der Waals surface area (Å²) in [5.74, 6) is 1.36. The van der Waals surface area contributed by atoms with Crippen molar-refractivity contribution in [2.24, 2.45) is 10.9 Å². The fourth-order valence-corrected chi connectivity index (χ4v) is 6.35. The van der Waals surface area contributed by atoms with Crippen molar-refractivity contribution in [1.82, 2.24) is 0 Å². The quantitative estimate of drug-likeness (QED) is 0.509. The maximum atomic E-state index is 6.14. The molecule has 0 saturated heterocycles. The Labute approximate surface area is 175 Å². The summed E-state index contributed by atoms with van der Waals surface area (Å²) < 4.78 is 6.14. The average Bonchev–Trinajstić information content (AvgIpc) is 3.26. The number of nitrogens with zero attached hydrogens (tertiary/aromatic N) is 1. The van der Waals surface area contributed by atoms with Gasteiger partial charge in [-0.3, -0.25) is 0 Å². The Morgan fingerprint density at radius 3 is 2.10 bits per heavy atom. The van der Waals surface area contributed by atoms with Crippen LogP contribution in [0.3, 0.4) is 0 Å². The Bertz CT molecular complexity index is 915. The second kappa shape index (κ2) is 9.37. The largest absolute Gasteiger partial charge is 0.475 e. The molecule has 1 heterocycles. The van der Waals surface area contributed by atoms with Gasteiger partial charge >= 0.3 is 0 Å². The van der Waals surface area contributed by atoms with E-state index in [9.17, 15) is 0 Å². The zero-order valence-corrected chi connectivity index (χ0v) is 18.1. The van der Waals surface area contributed by atoms with Gasteiger partial charge in [0.25, 0.3) is 0 Å². The molecule has 2 nitrogen and oxygen atoms in total. The summed E-state index contributed by atoms with van der Waals surface area (Å²) in [6, 6.07) is 30.5. The number of aliphatic imine (C=N–C) groups is 1. The van der Waals surface area contributed by atoms with Gasteiger partial charge in [-0.2, -0.15) is 0 Å². The summed E-state index contributed by atoms with van der Waals surface area (Å²) in [6.45, 7) is 5.22. The number of rotatable bonds is 7. The maximum Gasteiger partial charge on any atom is 0.217 e. The lowest BCUT2D eigenvalue weighted by Crippen LogP contribution is -2.25. The van der Waals surface area contributed by atoms with Gasteiger partial charge in [0.05, 0.1) is 6.04 Å². The van der Waals surface area contributed by atoms with Gasteiger partial charge in [0.15, 0.2) is 0 Å². The highest BCUT2D eigenvalue weighted by molar-refractivity contribution is 7.80. The van der Waals surface area contributed by atoms with Gasteiger partial charge < -0.3 is 4.74 Å². The van der Waals surface area contributed by atoms with Crippen LogP contribution in [0.5, 0.6) is 0 Å². The fraction of sp³-hybridized carbons (Fsp3) is 0.269. The number of hydrogen-bond donors (Lipinski definition) is 0. The van der Waals surface area contributed by atoms with Gasteiger partial charge in [-0.25, -0.2) is 4.99 Å². The van der Waals surface area contributed by atoms with Crippen LogP contribution in [-0.4, -0.2) is 18.5 Å². The first-order valence-electron chi connectivity index (χ1n) is 10.5. The number of ether oxygens (including phenoxy) is 1. The summed E-state index contributed by atoms with van der Waals surface area (Å²) in [5, 5.41) is 3.99. The lowest BCUT2D eigenvalue weighted by atomic mass is 9.98. The van der Waals surface area contributed by atoms with E-state index in [-0.39, 0.29) is 6.04 Å². The van der Waals surface area contributed by atoms with Crippen LogP contribution in [0.1, 0.15) is 32.3 Å². The molecule has 1 aliphatic rings. The molecule has 0 amide bonds. The average molecular weight is 401 g/mol. The van der Waals surface area contributed by atoms with E-state index in [0.29, 0.717) is 12.5 Å². The van der Waals surface area contributed by atoms with Crippen LogP contribution in [0.2, 0.25) is 0 Å². The highest BCUT2D eigenvalue weighted by atomic mass is 31.1. The van der Waals surface area contributed by atoms with Crippen molar-refractivity contribution in [2.75, 3.05) is 6.61 Å². The molecule has 29 heavy (non-hydrogen) atoms. The lowest BCUT2D eigenvalue weighted by Gasteiger charge is -2.22. The zero-order valence-electron chi connectivity index (χ0n) is 17.2. The van der Waals surface area contributed by atoms with E-state index >= 15 is 0 Å². The SMILES string of the molecule is CCCC(C)[C@H]1COC(c2ccccc2P(c2ccccc2)c2ccccc2)=N1. The minimum Gasteiger partial charge on any atom is -0.475 e. The maximum absolute atomic E-state index is 6.14. The summed E-state index contributed by atoms with van der Waals surface area (Å²) in [7, 11) is -0.680. The molecule has 0 N–H and O–H groups in total.